The molecule has 8 heteroatoms. The number of rotatable bonds is 41. The maximum Gasteiger partial charge on any atom is 0.362 e. The number of esters is 2. The molecule has 0 aliphatic carbocycles. The maximum atomic E-state index is 12.7. The molecule has 0 fully saturated rings. The minimum atomic E-state index is -0.877. The number of carbonyl (C=O) groups is 3. The van der Waals surface area contributed by atoms with E-state index in [0.29, 0.717) is 19.3 Å². The minimum Gasteiger partial charge on any atom is -0.477 e. The monoisotopic (exact) mass is 791 g/mol. The number of nitrogens with zero attached hydrogens (tertiary/aromatic N) is 1. The summed E-state index contributed by atoms with van der Waals surface area (Å²) < 4.78 is 17.3. The van der Waals surface area contributed by atoms with Crippen molar-refractivity contribution in [2.45, 2.75) is 212 Å². The van der Waals surface area contributed by atoms with Crippen molar-refractivity contribution in [3.8, 4) is 0 Å². The fourth-order valence-corrected chi connectivity index (χ4v) is 6.65. The molecular weight excluding hydrogens is 703 g/mol. The third-order valence-corrected chi connectivity index (χ3v) is 10.3. The van der Waals surface area contributed by atoms with E-state index in [1.54, 1.807) is 0 Å². The second-order valence-corrected chi connectivity index (χ2v) is 16.7. The summed E-state index contributed by atoms with van der Waals surface area (Å²) in [6, 6.07) is -0.616. The lowest BCUT2D eigenvalue weighted by Gasteiger charge is -2.31. The molecule has 0 amide bonds. The number of unbranched alkanes of at least 4 members (excludes halogenated alkanes) is 21. The van der Waals surface area contributed by atoms with Gasteiger partial charge in [-0.15, -0.1) is 0 Å². The van der Waals surface area contributed by atoms with Gasteiger partial charge in [0, 0.05) is 19.3 Å². The molecule has 2 atom stereocenters. The molecule has 0 aromatic heterocycles. The van der Waals surface area contributed by atoms with Gasteiger partial charge in [-0.2, -0.15) is 0 Å². The van der Waals surface area contributed by atoms with Crippen LogP contribution in [-0.4, -0.2) is 80.6 Å². The standard InChI is InChI=1S/C48H87NO7/c1-6-8-10-12-14-16-18-20-22-23-25-27-29-31-33-35-37-39-47(51)56-44(42-54-41-40-45(48(52)53)49(3,4)5)43-55-46(50)38-36-34-32-30-28-26-24-21-19-17-15-13-11-9-7-2/h14,16,20-22,24,44-45H,6-13,15,17-19,23,25-43H2,1-5H3/p+1/b16-14-,22-20-,24-21-. The van der Waals surface area contributed by atoms with Crippen molar-refractivity contribution in [2.75, 3.05) is 41.0 Å². The molecule has 8 nitrogen and oxygen atoms in total. The number of carbonyl (C=O) groups excluding carboxylic acids is 2. The summed E-state index contributed by atoms with van der Waals surface area (Å²) in [5.74, 6) is -1.48. The van der Waals surface area contributed by atoms with E-state index in [2.05, 4.69) is 50.3 Å². The van der Waals surface area contributed by atoms with Crippen molar-refractivity contribution in [1.82, 2.24) is 0 Å². The number of carboxylic acids is 1. The summed E-state index contributed by atoms with van der Waals surface area (Å²) in [5, 5.41) is 9.62. The molecule has 0 saturated heterocycles. The van der Waals surface area contributed by atoms with E-state index in [0.717, 1.165) is 64.2 Å². The van der Waals surface area contributed by atoms with E-state index in [1.807, 2.05) is 21.1 Å². The van der Waals surface area contributed by atoms with Crippen LogP contribution in [0.25, 0.3) is 0 Å². The minimum absolute atomic E-state index is 0.0564. The highest BCUT2D eigenvalue weighted by Crippen LogP contribution is 2.14. The molecule has 0 aromatic rings. The van der Waals surface area contributed by atoms with Crippen molar-refractivity contribution >= 4 is 17.9 Å². The Morgan fingerprint density at radius 2 is 0.946 bits per heavy atom. The van der Waals surface area contributed by atoms with Gasteiger partial charge >= 0.3 is 17.9 Å². The van der Waals surface area contributed by atoms with E-state index in [1.165, 1.54) is 103 Å². The lowest BCUT2D eigenvalue weighted by Crippen LogP contribution is -2.50. The third kappa shape index (κ3) is 37.1. The highest BCUT2D eigenvalue weighted by Gasteiger charge is 2.31. The summed E-state index contributed by atoms with van der Waals surface area (Å²) in [5.41, 5.74) is 0. The highest BCUT2D eigenvalue weighted by atomic mass is 16.6. The largest absolute Gasteiger partial charge is 0.477 e. The van der Waals surface area contributed by atoms with Crippen molar-refractivity contribution in [3.05, 3.63) is 36.5 Å². The van der Waals surface area contributed by atoms with Gasteiger partial charge in [-0.1, -0.05) is 147 Å². The van der Waals surface area contributed by atoms with Crippen molar-refractivity contribution in [3.63, 3.8) is 0 Å². The number of quaternary nitrogens is 1. The van der Waals surface area contributed by atoms with Crippen LogP contribution >= 0.6 is 0 Å². The van der Waals surface area contributed by atoms with Crippen LogP contribution in [0.1, 0.15) is 200 Å². The summed E-state index contributed by atoms with van der Waals surface area (Å²) >= 11 is 0. The number of carboxylic acid groups (broad SMARTS) is 1. The first-order valence-corrected chi connectivity index (χ1v) is 23.0. The number of hydrogen-bond donors (Lipinski definition) is 1. The van der Waals surface area contributed by atoms with Gasteiger partial charge in [0.15, 0.2) is 12.1 Å². The van der Waals surface area contributed by atoms with Gasteiger partial charge < -0.3 is 23.8 Å². The van der Waals surface area contributed by atoms with E-state index in [4.69, 9.17) is 14.2 Å². The first-order valence-electron chi connectivity index (χ1n) is 23.0. The maximum absolute atomic E-state index is 12.7. The van der Waals surface area contributed by atoms with E-state index >= 15 is 0 Å². The number of ether oxygens (including phenoxy) is 3. The van der Waals surface area contributed by atoms with E-state index in [9.17, 15) is 19.5 Å². The van der Waals surface area contributed by atoms with Crippen molar-refractivity contribution < 1.29 is 38.2 Å². The fraction of sp³-hybridized carbons (Fsp3) is 0.812. The van der Waals surface area contributed by atoms with Crippen molar-refractivity contribution in [2.24, 2.45) is 0 Å². The second kappa shape index (κ2) is 39.4. The Morgan fingerprint density at radius 1 is 0.536 bits per heavy atom. The zero-order valence-corrected chi connectivity index (χ0v) is 37.1. The van der Waals surface area contributed by atoms with E-state index in [-0.39, 0.29) is 36.2 Å². The van der Waals surface area contributed by atoms with Gasteiger partial charge in [0.05, 0.1) is 34.4 Å². The molecule has 0 spiro atoms. The Balaban J connectivity index is 4.34. The summed E-state index contributed by atoms with van der Waals surface area (Å²) in [6.45, 7) is 4.70. The lowest BCUT2D eigenvalue weighted by molar-refractivity contribution is -0.887. The van der Waals surface area contributed by atoms with Gasteiger partial charge in [0.1, 0.15) is 6.61 Å². The van der Waals surface area contributed by atoms with Crippen LogP contribution in [0.4, 0.5) is 0 Å². The molecule has 0 aliphatic heterocycles. The van der Waals surface area contributed by atoms with Crippen molar-refractivity contribution in [1.29, 1.82) is 0 Å². The molecule has 0 saturated carbocycles. The molecule has 1 N–H and O–H groups in total. The first-order chi connectivity index (χ1) is 27.1. The van der Waals surface area contributed by atoms with Crippen LogP contribution in [0, 0.1) is 0 Å². The number of allylic oxidation sites excluding steroid dienone is 6. The van der Waals surface area contributed by atoms with Crippen LogP contribution in [0.2, 0.25) is 0 Å². The molecule has 0 rings (SSSR count). The van der Waals surface area contributed by atoms with Gasteiger partial charge in [0.2, 0.25) is 0 Å². The molecule has 2 unspecified atom stereocenters. The summed E-state index contributed by atoms with van der Waals surface area (Å²) in [6.07, 6.45) is 44.6. The number of hydrogen-bond acceptors (Lipinski definition) is 6. The second-order valence-electron chi connectivity index (χ2n) is 16.7. The molecule has 0 radical (unpaired) electrons. The Bertz CT molecular complexity index is 1020. The van der Waals surface area contributed by atoms with Gasteiger partial charge in [-0.3, -0.25) is 9.59 Å². The van der Waals surface area contributed by atoms with Gasteiger partial charge in [-0.25, -0.2) is 4.79 Å². The van der Waals surface area contributed by atoms with Crippen LogP contribution < -0.4 is 0 Å². The molecule has 326 valence electrons. The predicted molar refractivity (Wildman–Crippen MR) is 234 cm³/mol. The first kappa shape index (κ1) is 53.6. The topological polar surface area (TPSA) is 99.1 Å². The van der Waals surface area contributed by atoms with Crippen LogP contribution in [-0.2, 0) is 28.6 Å². The van der Waals surface area contributed by atoms with Crippen LogP contribution in [0.15, 0.2) is 36.5 Å². The fourth-order valence-electron chi connectivity index (χ4n) is 6.65. The number of aliphatic carboxylic acids is 1. The smallest absolute Gasteiger partial charge is 0.362 e. The summed E-state index contributed by atoms with van der Waals surface area (Å²) in [4.78, 5) is 37.0. The van der Waals surface area contributed by atoms with E-state index < -0.39 is 18.1 Å². The Labute approximate surface area is 344 Å². The average molecular weight is 791 g/mol. The zero-order chi connectivity index (χ0) is 41.4. The molecule has 0 aliphatic rings. The van der Waals surface area contributed by atoms with Gasteiger partial charge in [0.25, 0.3) is 0 Å². The van der Waals surface area contributed by atoms with Crippen LogP contribution in [0.5, 0.6) is 0 Å². The SMILES string of the molecule is CCCCC/C=C\C/C=C\CCCCCCCCCC(=O)OC(COCCC(C(=O)O)[N+](C)(C)C)COC(=O)CCCCCCC/C=C\CCCCCCCC. The normalized spacial score (nSPS) is 13.2. The average Bonchev–Trinajstić information content (AvgIpc) is 3.15. The Kier molecular flexibility index (Phi) is 37.7. The Morgan fingerprint density at radius 3 is 1.43 bits per heavy atom. The lowest BCUT2D eigenvalue weighted by atomic mass is 10.1. The predicted octanol–water partition coefficient (Wildman–Crippen LogP) is 12.6. The number of likely N-dealkylation sites (N-methyl/N-ethyl adjacent to an activating group) is 1. The third-order valence-electron chi connectivity index (χ3n) is 10.3. The highest BCUT2D eigenvalue weighted by molar-refractivity contribution is 5.72. The molecule has 0 heterocycles. The van der Waals surface area contributed by atoms with Crippen LogP contribution in [0.3, 0.4) is 0 Å². The molecule has 56 heavy (non-hydrogen) atoms. The zero-order valence-electron chi connectivity index (χ0n) is 37.1. The quantitative estimate of drug-likeness (QED) is 0.0285. The molecular formula is C48H88NO7+. The molecule has 0 aromatic carbocycles. The molecule has 0 bridgehead atoms. The van der Waals surface area contributed by atoms with Gasteiger partial charge in [-0.05, 0) is 70.6 Å². The summed E-state index contributed by atoms with van der Waals surface area (Å²) in [7, 11) is 5.52. The Hall–Kier alpha value is -2.45.